The van der Waals surface area contributed by atoms with Crippen LogP contribution in [0.15, 0.2) is 30.7 Å². The zero-order valence-electron chi connectivity index (χ0n) is 14.5. The second-order valence-corrected chi connectivity index (χ2v) is 6.42. The molecule has 4 rings (SSSR count). The molecule has 2 aromatic heterocycles. The Bertz CT molecular complexity index is 727. The van der Waals surface area contributed by atoms with Crippen LogP contribution in [0, 0.1) is 0 Å². The van der Waals surface area contributed by atoms with E-state index in [1.54, 1.807) is 6.20 Å². The summed E-state index contributed by atoms with van der Waals surface area (Å²) < 4.78 is 0. The van der Waals surface area contributed by atoms with Crippen molar-refractivity contribution in [1.29, 1.82) is 0 Å². The highest BCUT2D eigenvalue weighted by Gasteiger charge is 2.34. The molecule has 0 radical (unpaired) electrons. The SMILES string of the molecule is O=C(C(c1cccnc1)N1CCCC1)N1CCc2[nH]ncc2C1.O=CO. The van der Waals surface area contributed by atoms with Crippen molar-refractivity contribution in [2.24, 2.45) is 0 Å². The van der Waals surface area contributed by atoms with Crippen LogP contribution in [0.4, 0.5) is 0 Å². The number of pyridine rings is 1. The topological polar surface area (TPSA) is 102 Å². The standard InChI is InChI=1S/C17H21N5O.CH2O2/c23-17(22-9-5-15-14(12-22)11-19-20-15)16(21-7-1-2-8-21)13-4-3-6-18-10-13;2-1-3/h3-4,6,10-11,16H,1-2,5,7-9,12H2,(H,19,20);1H,(H,2,3). The van der Waals surface area contributed by atoms with Gasteiger partial charge in [-0.2, -0.15) is 5.10 Å². The second-order valence-electron chi connectivity index (χ2n) is 6.42. The van der Waals surface area contributed by atoms with Gasteiger partial charge >= 0.3 is 0 Å². The first-order chi connectivity index (χ1) is 12.7. The summed E-state index contributed by atoms with van der Waals surface area (Å²) >= 11 is 0. The summed E-state index contributed by atoms with van der Waals surface area (Å²) in [7, 11) is 0. The van der Waals surface area contributed by atoms with E-state index in [2.05, 4.69) is 20.1 Å². The maximum Gasteiger partial charge on any atom is 0.290 e. The molecule has 8 heteroatoms. The molecular formula is C18H23N5O3. The van der Waals surface area contributed by atoms with Gasteiger partial charge in [0.15, 0.2) is 0 Å². The van der Waals surface area contributed by atoms with E-state index in [0.29, 0.717) is 6.54 Å². The van der Waals surface area contributed by atoms with Crippen LogP contribution in [0.2, 0.25) is 0 Å². The molecule has 0 saturated carbocycles. The number of carbonyl (C=O) groups excluding carboxylic acids is 1. The van der Waals surface area contributed by atoms with E-state index in [9.17, 15) is 4.79 Å². The Hall–Kier alpha value is -2.74. The average Bonchev–Trinajstić information content (AvgIpc) is 3.34. The lowest BCUT2D eigenvalue weighted by Crippen LogP contribution is -2.44. The predicted molar refractivity (Wildman–Crippen MR) is 94.2 cm³/mol. The third-order valence-corrected chi connectivity index (χ3v) is 4.85. The Balaban J connectivity index is 0.000000613. The fraction of sp³-hybridized carbons (Fsp3) is 0.444. The number of rotatable bonds is 3. The highest BCUT2D eigenvalue weighted by atomic mass is 16.3. The summed E-state index contributed by atoms with van der Waals surface area (Å²) in [5.74, 6) is 0.187. The van der Waals surface area contributed by atoms with Gasteiger partial charge in [0.1, 0.15) is 6.04 Å². The molecule has 4 heterocycles. The van der Waals surface area contributed by atoms with Crippen molar-refractivity contribution >= 4 is 12.4 Å². The molecule has 0 bridgehead atoms. The highest BCUT2D eigenvalue weighted by Crippen LogP contribution is 2.28. The second kappa shape index (κ2) is 8.57. The Morgan fingerprint density at radius 2 is 2.04 bits per heavy atom. The lowest BCUT2D eigenvalue weighted by atomic mass is 10.0. The van der Waals surface area contributed by atoms with Crippen molar-refractivity contribution in [3.05, 3.63) is 47.5 Å². The summed E-state index contributed by atoms with van der Waals surface area (Å²) in [5, 5.41) is 14.0. The van der Waals surface area contributed by atoms with Gasteiger partial charge in [-0.3, -0.25) is 24.6 Å². The Morgan fingerprint density at radius 3 is 2.73 bits per heavy atom. The van der Waals surface area contributed by atoms with Crippen molar-refractivity contribution in [2.75, 3.05) is 19.6 Å². The third-order valence-electron chi connectivity index (χ3n) is 4.85. The molecular weight excluding hydrogens is 334 g/mol. The summed E-state index contributed by atoms with van der Waals surface area (Å²) in [6.07, 6.45) is 8.60. The predicted octanol–water partition coefficient (Wildman–Crippen LogP) is 1.23. The van der Waals surface area contributed by atoms with Crippen LogP contribution in [0.1, 0.15) is 35.7 Å². The molecule has 2 aliphatic rings. The summed E-state index contributed by atoms with van der Waals surface area (Å²) in [4.78, 5) is 30.1. The van der Waals surface area contributed by atoms with Crippen LogP contribution in [-0.2, 0) is 22.6 Å². The number of carbonyl (C=O) groups is 2. The number of hydrogen-bond donors (Lipinski definition) is 2. The van der Waals surface area contributed by atoms with Crippen LogP contribution < -0.4 is 0 Å². The van der Waals surface area contributed by atoms with E-state index < -0.39 is 0 Å². The van der Waals surface area contributed by atoms with Crippen molar-refractivity contribution in [1.82, 2.24) is 25.0 Å². The summed E-state index contributed by atoms with van der Waals surface area (Å²) in [5.41, 5.74) is 3.29. The first-order valence-electron chi connectivity index (χ1n) is 8.76. The van der Waals surface area contributed by atoms with E-state index in [0.717, 1.165) is 55.7 Å². The van der Waals surface area contributed by atoms with Crippen LogP contribution in [0.3, 0.4) is 0 Å². The van der Waals surface area contributed by atoms with Gasteiger partial charge in [-0.1, -0.05) is 6.07 Å². The minimum atomic E-state index is -0.250. The number of aromatic nitrogens is 3. The Labute approximate surface area is 151 Å². The average molecular weight is 357 g/mol. The number of amides is 1. The third kappa shape index (κ3) is 3.91. The van der Waals surface area contributed by atoms with Crippen LogP contribution in [0.5, 0.6) is 0 Å². The van der Waals surface area contributed by atoms with Gasteiger partial charge in [0, 0.05) is 43.2 Å². The number of carboxylic acid groups (broad SMARTS) is 1. The Kier molecular flexibility index (Phi) is 5.96. The van der Waals surface area contributed by atoms with Gasteiger partial charge in [-0.05, 0) is 37.6 Å². The van der Waals surface area contributed by atoms with E-state index >= 15 is 0 Å². The maximum absolute atomic E-state index is 13.2. The minimum Gasteiger partial charge on any atom is -0.483 e. The summed E-state index contributed by atoms with van der Waals surface area (Å²) in [6, 6.07) is 3.72. The van der Waals surface area contributed by atoms with Gasteiger partial charge in [0.25, 0.3) is 6.47 Å². The Morgan fingerprint density at radius 1 is 1.27 bits per heavy atom. The molecule has 1 saturated heterocycles. The molecule has 0 aliphatic carbocycles. The van der Waals surface area contributed by atoms with Crippen molar-refractivity contribution in [3.63, 3.8) is 0 Å². The van der Waals surface area contributed by atoms with Gasteiger partial charge in [-0.25, -0.2) is 0 Å². The molecule has 26 heavy (non-hydrogen) atoms. The molecule has 1 amide bonds. The molecule has 138 valence electrons. The van der Waals surface area contributed by atoms with Crippen LogP contribution >= 0.6 is 0 Å². The molecule has 8 nitrogen and oxygen atoms in total. The highest BCUT2D eigenvalue weighted by molar-refractivity contribution is 5.83. The van der Waals surface area contributed by atoms with E-state index in [1.807, 2.05) is 29.4 Å². The first kappa shape index (κ1) is 18.1. The number of nitrogens with zero attached hydrogens (tertiary/aromatic N) is 4. The van der Waals surface area contributed by atoms with Crippen molar-refractivity contribution in [2.45, 2.75) is 31.8 Å². The number of aromatic amines is 1. The lowest BCUT2D eigenvalue weighted by Gasteiger charge is -2.34. The van der Waals surface area contributed by atoms with Crippen LogP contribution in [0.25, 0.3) is 0 Å². The molecule has 1 atom stereocenters. The fourth-order valence-corrected chi connectivity index (χ4v) is 3.63. The van der Waals surface area contributed by atoms with E-state index in [4.69, 9.17) is 9.90 Å². The van der Waals surface area contributed by atoms with Crippen LogP contribution in [-0.4, -0.2) is 62.1 Å². The van der Waals surface area contributed by atoms with Gasteiger partial charge in [0.2, 0.25) is 5.91 Å². The lowest BCUT2D eigenvalue weighted by molar-refractivity contribution is -0.138. The molecule has 2 aliphatic heterocycles. The molecule has 0 aromatic carbocycles. The molecule has 1 fully saturated rings. The zero-order valence-corrected chi connectivity index (χ0v) is 14.5. The zero-order chi connectivity index (χ0) is 18.4. The summed E-state index contributed by atoms with van der Waals surface area (Å²) in [6.45, 7) is 3.11. The van der Waals surface area contributed by atoms with Gasteiger partial charge in [0.05, 0.1) is 6.20 Å². The quantitative estimate of drug-likeness (QED) is 0.801. The molecule has 1 unspecified atom stereocenters. The molecule has 2 N–H and O–H groups in total. The molecule has 2 aromatic rings. The van der Waals surface area contributed by atoms with Gasteiger partial charge in [-0.15, -0.1) is 0 Å². The van der Waals surface area contributed by atoms with E-state index in [-0.39, 0.29) is 18.4 Å². The monoisotopic (exact) mass is 357 g/mol. The number of nitrogens with one attached hydrogen (secondary N) is 1. The number of likely N-dealkylation sites (tertiary alicyclic amines) is 1. The molecule has 0 spiro atoms. The smallest absolute Gasteiger partial charge is 0.290 e. The van der Waals surface area contributed by atoms with Crippen molar-refractivity contribution < 1.29 is 14.7 Å². The number of hydrogen-bond acceptors (Lipinski definition) is 5. The number of fused-ring (bicyclic) bond motifs is 1. The number of H-pyrrole nitrogens is 1. The largest absolute Gasteiger partial charge is 0.483 e. The van der Waals surface area contributed by atoms with Crippen molar-refractivity contribution in [3.8, 4) is 0 Å². The van der Waals surface area contributed by atoms with Gasteiger partial charge < -0.3 is 10.0 Å². The van der Waals surface area contributed by atoms with E-state index in [1.165, 1.54) is 0 Å². The first-order valence-corrected chi connectivity index (χ1v) is 8.76. The maximum atomic E-state index is 13.2. The fourth-order valence-electron chi connectivity index (χ4n) is 3.63. The minimum absolute atomic E-state index is 0.187. The normalized spacial score (nSPS) is 17.8.